The van der Waals surface area contributed by atoms with E-state index in [1.165, 1.54) is 0 Å². The lowest BCUT2D eigenvalue weighted by molar-refractivity contribution is 0.683. The van der Waals surface area contributed by atoms with Crippen molar-refractivity contribution in [2.75, 3.05) is 5.32 Å². The molecular weight excluding hydrogens is 264 g/mol. The van der Waals surface area contributed by atoms with Crippen LogP contribution in [-0.4, -0.2) is 26.7 Å². The largest absolute Gasteiger partial charge is 0.367 e. The summed E-state index contributed by atoms with van der Waals surface area (Å²) in [7, 11) is 0. The minimum Gasteiger partial charge on any atom is -0.367 e. The molecule has 21 heavy (non-hydrogen) atoms. The van der Waals surface area contributed by atoms with Crippen LogP contribution in [0.3, 0.4) is 0 Å². The van der Waals surface area contributed by atoms with Gasteiger partial charge in [-0.1, -0.05) is 13.8 Å². The first-order chi connectivity index (χ1) is 10.1. The van der Waals surface area contributed by atoms with Gasteiger partial charge in [-0.05, 0) is 25.2 Å². The quantitative estimate of drug-likeness (QED) is 0.899. The molecular formula is C15H20N6. The molecule has 2 heterocycles. The van der Waals surface area contributed by atoms with Gasteiger partial charge in [-0.3, -0.25) is 0 Å². The van der Waals surface area contributed by atoms with Crippen LogP contribution in [-0.2, 0) is 0 Å². The molecule has 3 N–H and O–H groups in total. The molecule has 0 aliphatic heterocycles. The highest BCUT2D eigenvalue weighted by Gasteiger charge is 2.23. The number of hydrogen-bond acceptors (Lipinski definition) is 5. The van der Waals surface area contributed by atoms with Gasteiger partial charge in [0.25, 0.3) is 0 Å². The molecule has 2 atom stereocenters. The highest BCUT2D eigenvalue weighted by molar-refractivity contribution is 5.59. The van der Waals surface area contributed by atoms with Crippen molar-refractivity contribution in [1.82, 2.24) is 14.6 Å². The zero-order chi connectivity index (χ0) is 15.0. The van der Waals surface area contributed by atoms with Gasteiger partial charge in [-0.25, -0.2) is 4.98 Å². The topological polar surface area (TPSA) is 92.0 Å². The molecule has 2 aromatic heterocycles. The first kappa shape index (κ1) is 13.8. The lowest BCUT2D eigenvalue weighted by Gasteiger charge is -2.16. The Balaban J connectivity index is 2.03. The van der Waals surface area contributed by atoms with Gasteiger partial charge in [0, 0.05) is 23.8 Å². The number of anilines is 1. The number of nitrogens with two attached hydrogens (primary N) is 1. The highest BCUT2D eigenvalue weighted by atomic mass is 15.3. The average Bonchev–Trinajstić information content (AvgIpc) is 3.04. The minimum atomic E-state index is 0.275. The predicted octanol–water partition coefficient (Wildman–Crippen LogP) is 2.02. The van der Waals surface area contributed by atoms with Crippen LogP contribution in [0.4, 0.5) is 5.82 Å². The second-order valence-electron chi connectivity index (χ2n) is 6.04. The van der Waals surface area contributed by atoms with Crippen molar-refractivity contribution < 1.29 is 0 Å². The van der Waals surface area contributed by atoms with E-state index < -0.39 is 0 Å². The fourth-order valence-corrected chi connectivity index (χ4v) is 2.82. The van der Waals surface area contributed by atoms with Gasteiger partial charge in [0.05, 0.1) is 6.20 Å². The van der Waals surface area contributed by atoms with E-state index in [-0.39, 0.29) is 6.04 Å². The van der Waals surface area contributed by atoms with Gasteiger partial charge in [-0.2, -0.15) is 14.9 Å². The molecule has 6 nitrogen and oxygen atoms in total. The Morgan fingerprint density at radius 1 is 1.48 bits per heavy atom. The van der Waals surface area contributed by atoms with Gasteiger partial charge < -0.3 is 11.1 Å². The molecule has 0 bridgehead atoms. The molecule has 1 saturated carbocycles. The van der Waals surface area contributed by atoms with Gasteiger partial charge in [-0.15, -0.1) is 0 Å². The number of aromatic nitrogens is 3. The number of hydrogen-bond donors (Lipinski definition) is 2. The number of nitriles is 1. The summed E-state index contributed by atoms with van der Waals surface area (Å²) in [6.07, 6.45) is 4.64. The maximum absolute atomic E-state index is 9.18. The maximum atomic E-state index is 9.18. The molecule has 1 aliphatic rings. The van der Waals surface area contributed by atoms with E-state index in [4.69, 9.17) is 5.73 Å². The van der Waals surface area contributed by atoms with Crippen molar-refractivity contribution in [2.45, 2.75) is 51.1 Å². The summed E-state index contributed by atoms with van der Waals surface area (Å²) in [4.78, 5) is 4.57. The average molecular weight is 284 g/mol. The molecule has 0 saturated heterocycles. The van der Waals surface area contributed by atoms with Crippen LogP contribution < -0.4 is 11.1 Å². The van der Waals surface area contributed by atoms with Crippen LogP contribution in [0.15, 0.2) is 12.3 Å². The third kappa shape index (κ3) is 2.57. The Hall–Kier alpha value is -2.13. The van der Waals surface area contributed by atoms with E-state index in [2.05, 4.69) is 35.3 Å². The van der Waals surface area contributed by atoms with Crippen molar-refractivity contribution in [3.63, 3.8) is 0 Å². The maximum Gasteiger partial charge on any atom is 0.175 e. The first-order valence-electron chi connectivity index (χ1n) is 7.39. The Labute approximate surface area is 124 Å². The van der Waals surface area contributed by atoms with Crippen LogP contribution in [0, 0.1) is 11.3 Å². The lowest BCUT2D eigenvalue weighted by Crippen LogP contribution is -2.22. The molecule has 2 aromatic rings. The summed E-state index contributed by atoms with van der Waals surface area (Å²) in [5.41, 5.74) is 8.06. The molecule has 110 valence electrons. The molecule has 3 rings (SSSR count). The van der Waals surface area contributed by atoms with E-state index in [1.807, 2.05) is 6.07 Å². The Bertz CT molecular complexity index is 696. The van der Waals surface area contributed by atoms with E-state index >= 15 is 0 Å². The smallest absolute Gasteiger partial charge is 0.175 e. The van der Waals surface area contributed by atoms with E-state index in [9.17, 15) is 5.26 Å². The molecule has 0 spiro atoms. The number of nitrogens with one attached hydrogen (secondary N) is 1. The highest BCUT2D eigenvalue weighted by Crippen LogP contribution is 2.25. The minimum absolute atomic E-state index is 0.275. The van der Waals surface area contributed by atoms with Crippen molar-refractivity contribution >= 4 is 11.5 Å². The summed E-state index contributed by atoms with van der Waals surface area (Å²) in [5, 5.41) is 17.0. The Kier molecular flexibility index (Phi) is 3.52. The Morgan fingerprint density at radius 2 is 2.29 bits per heavy atom. The molecule has 0 aromatic carbocycles. The molecule has 0 unspecified atom stereocenters. The van der Waals surface area contributed by atoms with Crippen molar-refractivity contribution in [3.8, 4) is 6.07 Å². The summed E-state index contributed by atoms with van der Waals surface area (Å²) in [6.45, 7) is 4.19. The fourth-order valence-electron chi connectivity index (χ4n) is 2.82. The SMILES string of the molecule is CC(C)c1cc(N[C@H]2CC[C@H](N)C2)n2ncc(C#N)c2n1. The fraction of sp³-hybridized carbons (Fsp3) is 0.533. The molecule has 6 heteroatoms. The summed E-state index contributed by atoms with van der Waals surface area (Å²) in [5.74, 6) is 1.19. The number of nitrogens with zero attached hydrogens (tertiary/aromatic N) is 4. The zero-order valence-corrected chi connectivity index (χ0v) is 12.4. The van der Waals surface area contributed by atoms with Crippen LogP contribution in [0.5, 0.6) is 0 Å². The van der Waals surface area contributed by atoms with Crippen molar-refractivity contribution in [1.29, 1.82) is 5.26 Å². The predicted molar refractivity (Wildman–Crippen MR) is 81.0 cm³/mol. The third-order valence-corrected chi connectivity index (χ3v) is 4.03. The monoisotopic (exact) mass is 284 g/mol. The van der Waals surface area contributed by atoms with E-state index in [0.717, 1.165) is 30.8 Å². The van der Waals surface area contributed by atoms with Gasteiger partial charge in [0.15, 0.2) is 5.65 Å². The van der Waals surface area contributed by atoms with Crippen LogP contribution in [0.25, 0.3) is 5.65 Å². The van der Waals surface area contributed by atoms with Gasteiger partial charge in [0.1, 0.15) is 17.5 Å². The summed E-state index contributed by atoms with van der Waals surface area (Å²) < 4.78 is 1.72. The van der Waals surface area contributed by atoms with E-state index in [0.29, 0.717) is 23.2 Å². The lowest BCUT2D eigenvalue weighted by atomic mass is 10.1. The summed E-state index contributed by atoms with van der Waals surface area (Å²) in [6, 6.07) is 4.81. The molecule has 0 radical (unpaired) electrons. The van der Waals surface area contributed by atoms with Crippen LogP contribution in [0.2, 0.25) is 0 Å². The van der Waals surface area contributed by atoms with Crippen LogP contribution in [0.1, 0.15) is 50.3 Å². The summed E-state index contributed by atoms with van der Waals surface area (Å²) >= 11 is 0. The number of fused-ring (bicyclic) bond motifs is 1. The molecule has 1 fully saturated rings. The van der Waals surface area contributed by atoms with Crippen molar-refractivity contribution in [2.24, 2.45) is 5.73 Å². The zero-order valence-electron chi connectivity index (χ0n) is 12.4. The molecule has 0 amide bonds. The number of rotatable bonds is 3. The van der Waals surface area contributed by atoms with Crippen molar-refractivity contribution in [3.05, 3.63) is 23.5 Å². The van der Waals surface area contributed by atoms with Gasteiger partial charge >= 0.3 is 0 Å². The Morgan fingerprint density at radius 3 is 2.90 bits per heavy atom. The third-order valence-electron chi connectivity index (χ3n) is 4.03. The first-order valence-corrected chi connectivity index (χ1v) is 7.39. The van der Waals surface area contributed by atoms with Crippen LogP contribution >= 0.6 is 0 Å². The normalized spacial score (nSPS) is 21.9. The second-order valence-corrected chi connectivity index (χ2v) is 6.04. The second kappa shape index (κ2) is 5.34. The van der Waals surface area contributed by atoms with E-state index in [1.54, 1.807) is 10.7 Å². The van der Waals surface area contributed by atoms with Gasteiger partial charge in [0.2, 0.25) is 0 Å². The standard InChI is InChI=1S/C15H20N6/c1-9(2)13-6-14(19-12-4-3-11(17)5-12)21-15(20-13)10(7-16)8-18-21/h6,8-9,11-12,19H,3-5,17H2,1-2H3/t11-,12-/m0/s1. The molecule has 1 aliphatic carbocycles.